The van der Waals surface area contributed by atoms with Crippen molar-refractivity contribution in [1.29, 1.82) is 0 Å². The van der Waals surface area contributed by atoms with Gasteiger partial charge in [0.25, 0.3) is 0 Å². The van der Waals surface area contributed by atoms with Gasteiger partial charge in [-0.3, -0.25) is 0 Å². The molecule has 1 fully saturated rings. The number of hydrogen-bond donors (Lipinski definition) is 0. The zero-order chi connectivity index (χ0) is 12.4. The van der Waals surface area contributed by atoms with Crippen LogP contribution in [0.4, 0.5) is 0 Å². The maximum Gasteiger partial charge on any atom is 0.122 e. The summed E-state index contributed by atoms with van der Waals surface area (Å²) in [5.74, 6) is 2.67. The highest BCUT2D eigenvalue weighted by atomic mass is 79.9. The van der Waals surface area contributed by atoms with Crippen molar-refractivity contribution in [3.8, 4) is 5.75 Å². The van der Waals surface area contributed by atoms with Gasteiger partial charge >= 0.3 is 0 Å². The van der Waals surface area contributed by atoms with Crippen LogP contribution in [0.3, 0.4) is 0 Å². The van der Waals surface area contributed by atoms with Crippen LogP contribution < -0.4 is 4.74 Å². The van der Waals surface area contributed by atoms with Gasteiger partial charge in [-0.2, -0.15) is 0 Å². The molecule has 0 bridgehead atoms. The lowest BCUT2D eigenvalue weighted by atomic mass is 9.80. The third-order valence-electron chi connectivity index (χ3n) is 3.98. The molecule has 0 aliphatic heterocycles. The van der Waals surface area contributed by atoms with Gasteiger partial charge in [0.1, 0.15) is 5.75 Å². The Labute approximate surface area is 113 Å². The van der Waals surface area contributed by atoms with Crippen LogP contribution in [-0.4, -0.2) is 6.10 Å². The molecular weight excluding hydrogens is 276 g/mol. The van der Waals surface area contributed by atoms with Crippen LogP contribution in [-0.2, 0) is 0 Å². The fraction of sp³-hybridized carbons (Fsp3) is 0.600. The molecule has 0 amide bonds. The Morgan fingerprint density at radius 1 is 1.18 bits per heavy atom. The van der Waals surface area contributed by atoms with Crippen molar-refractivity contribution >= 4 is 15.9 Å². The molecule has 0 spiro atoms. The van der Waals surface area contributed by atoms with E-state index >= 15 is 0 Å². The molecule has 17 heavy (non-hydrogen) atoms. The second-order valence-corrected chi connectivity index (χ2v) is 6.33. The first-order chi connectivity index (χ1) is 8.06. The topological polar surface area (TPSA) is 9.23 Å². The number of hydrogen-bond acceptors (Lipinski definition) is 1. The predicted octanol–water partition coefficient (Wildman–Crippen LogP) is 4.96. The summed E-state index contributed by atoms with van der Waals surface area (Å²) in [6.07, 6.45) is 4.08. The Kier molecular flexibility index (Phi) is 4.13. The van der Waals surface area contributed by atoms with E-state index in [-0.39, 0.29) is 0 Å². The minimum atomic E-state index is 0.404. The van der Waals surface area contributed by atoms with Crippen LogP contribution in [0.1, 0.15) is 38.7 Å². The van der Waals surface area contributed by atoms with E-state index in [0.717, 1.165) is 22.1 Å². The van der Waals surface area contributed by atoms with Crippen molar-refractivity contribution in [2.75, 3.05) is 0 Å². The predicted molar refractivity (Wildman–Crippen MR) is 75.5 cm³/mol. The molecular formula is C15H21BrO. The van der Waals surface area contributed by atoms with Crippen molar-refractivity contribution in [3.63, 3.8) is 0 Å². The van der Waals surface area contributed by atoms with E-state index in [1.807, 2.05) is 0 Å². The molecule has 3 atom stereocenters. The van der Waals surface area contributed by atoms with E-state index < -0.39 is 0 Å². The first kappa shape index (κ1) is 12.9. The summed E-state index contributed by atoms with van der Waals surface area (Å²) in [6.45, 7) is 6.80. The second-order valence-electron chi connectivity index (χ2n) is 5.42. The van der Waals surface area contributed by atoms with E-state index in [2.05, 4.69) is 54.9 Å². The summed E-state index contributed by atoms with van der Waals surface area (Å²) in [4.78, 5) is 0. The third-order valence-corrected chi connectivity index (χ3v) is 4.47. The summed E-state index contributed by atoms with van der Waals surface area (Å²) < 4.78 is 7.26. The van der Waals surface area contributed by atoms with Crippen molar-refractivity contribution < 1.29 is 4.74 Å². The molecule has 0 heterocycles. The van der Waals surface area contributed by atoms with Gasteiger partial charge in [0.05, 0.1) is 6.10 Å². The normalized spacial score (nSPS) is 29.1. The highest BCUT2D eigenvalue weighted by Crippen LogP contribution is 2.33. The Morgan fingerprint density at radius 2 is 1.94 bits per heavy atom. The molecule has 0 radical (unpaired) electrons. The lowest BCUT2D eigenvalue weighted by molar-refractivity contribution is 0.0999. The zero-order valence-electron chi connectivity index (χ0n) is 10.9. The van der Waals surface area contributed by atoms with Crippen molar-refractivity contribution in [2.45, 2.75) is 46.1 Å². The highest BCUT2D eigenvalue weighted by molar-refractivity contribution is 9.10. The van der Waals surface area contributed by atoms with E-state index in [4.69, 9.17) is 4.74 Å². The zero-order valence-corrected chi connectivity index (χ0v) is 12.5. The molecule has 1 saturated carbocycles. The van der Waals surface area contributed by atoms with E-state index in [9.17, 15) is 0 Å². The smallest absolute Gasteiger partial charge is 0.122 e. The van der Waals surface area contributed by atoms with Gasteiger partial charge in [-0.15, -0.1) is 0 Å². The minimum absolute atomic E-state index is 0.404. The first-order valence-electron chi connectivity index (χ1n) is 6.49. The van der Waals surface area contributed by atoms with E-state index in [1.54, 1.807) is 0 Å². The number of aryl methyl sites for hydroxylation is 1. The molecule has 1 aliphatic rings. The maximum atomic E-state index is 6.14. The number of rotatable bonds is 2. The number of halogens is 1. The van der Waals surface area contributed by atoms with Crippen LogP contribution in [0.25, 0.3) is 0 Å². The summed E-state index contributed by atoms with van der Waals surface area (Å²) in [5.41, 5.74) is 1.21. The molecule has 1 aliphatic carbocycles. The van der Waals surface area contributed by atoms with Gasteiger partial charge in [0.2, 0.25) is 0 Å². The molecule has 0 N–H and O–H groups in total. The van der Waals surface area contributed by atoms with Gasteiger partial charge in [0.15, 0.2) is 0 Å². The van der Waals surface area contributed by atoms with Crippen LogP contribution in [0.15, 0.2) is 22.7 Å². The van der Waals surface area contributed by atoms with Crippen LogP contribution in [0, 0.1) is 18.8 Å². The van der Waals surface area contributed by atoms with Gasteiger partial charge in [-0.25, -0.2) is 0 Å². The SMILES string of the molecule is Cc1cc(Br)ccc1OC1CCC(C)C(C)C1. The lowest BCUT2D eigenvalue weighted by Gasteiger charge is -2.32. The standard InChI is InChI=1S/C15H21BrO/c1-10-4-6-14(9-11(10)2)17-15-7-5-13(16)8-12(15)3/h5,7-8,10-11,14H,4,6,9H2,1-3H3. The average molecular weight is 297 g/mol. The van der Waals surface area contributed by atoms with Gasteiger partial charge in [0, 0.05) is 4.47 Å². The number of benzene rings is 1. The van der Waals surface area contributed by atoms with Crippen molar-refractivity contribution in [3.05, 3.63) is 28.2 Å². The van der Waals surface area contributed by atoms with Gasteiger partial charge in [-0.1, -0.05) is 29.8 Å². The maximum absolute atomic E-state index is 6.14. The molecule has 2 rings (SSSR count). The molecule has 2 heteroatoms. The molecule has 1 aromatic rings. The van der Waals surface area contributed by atoms with Gasteiger partial charge < -0.3 is 4.74 Å². The Bertz CT molecular complexity index is 389. The lowest BCUT2D eigenvalue weighted by Crippen LogP contribution is -2.28. The summed E-state index contributed by atoms with van der Waals surface area (Å²) >= 11 is 3.48. The minimum Gasteiger partial charge on any atom is -0.490 e. The summed E-state index contributed by atoms with van der Waals surface area (Å²) in [6, 6.07) is 6.24. The highest BCUT2D eigenvalue weighted by Gasteiger charge is 2.25. The largest absolute Gasteiger partial charge is 0.490 e. The summed E-state index contributed by atoms with van der Waals surface area (Å²) in [5, 5.41) is 0. The molecule has 3 unspecified atom stereocenters. The van der Waals surface area contributed by atoms with Crippen LogP contribution >= 0.6 is 15.9 Å². The van der Waals surface area contributed by atoms with Crippen molar-refractivity contribution in [1.82, 2.24) is 0 Å². The average Bonchev–Trinajstić information content (AvgIpc) is 2.27. The molecule has 94 valence electrons. The van der Waals surface area contributed by atoms with E-state index in [0.29, 0.717) is 6.10 Å². The van der Waals surface area contributed by atoms with E-state index in [1.165, 1.54) is 24.8 Å². The quantitative estimate of drug-likeness (QED) is 0.749. The molecule has 0 aromatic heterocycles. The van der Waals surface area contributed by atoms with Crippen LogP contribution in [0.2, 0.25) is 0 Å². The Balaban J connectivity index is 2.01. The van der Waals surface area contributed by atoms with Crippen LogP contribution in [0.5, 0.6) is 5.75 Å². The summed E-state index contributed by atoms with van der Waals surface area (Å²) in [7, 11) is 0. The molecule has 0 saturated heterocycles. The first-order valence-corrected chi connectivity index (χ1v) is 7.28. The third kappa shape index (κ3) is 3.25. The second kappa shape index (κ2) is 5.43. The van der Waals surface area contributed by atoms with Crippen molar-refractivity contribution in [2.24, 2.45) is 11.8 Å². The van der Waals surface area contributed by atoms with Gasteiger partial charge in [-0.05, 0) is 61.8 Å². The Morgan fingerprint density at radius 3 is 2.59 bits per heavy atom. The number of ether oxygens (including phenoxy) is 1. The monoisotopic (exact) mass is 296 g/mol. The Hall–Kier alpha value is -0.500. The fourth-order valence-corrected chi connectivity index (χ4v) is 3.01. The molecule has 1 aromatic carbocycles. The fourth-order valence-electron chi connectivity index (χ4n) is 2.53. The molecule has 1 nitrogen and oxygen atoms in total.